The van der Waals surface area contributed by atoms with E-state index in [1.54, 1.807) is 0 Å². The van der Waals surface area contributed by atoms with Crippen LogP contribution in [0, 0.1) is 17.3 Å². The number of benzene rings is 2. The van der Waals surface area contributed by atoms with Crippen LogP contribution in [-0.2, 0) is 6.54 Å². The molecule has 5 rings (SSSR count). The number of aryl methyl sites for hydroxylation is 1. The van der Waals surface area contributed by atoms with Crippen molar-refractivity contribution in [3.63, 3.8) is 0 Å². The molecule has 2 aromatic carbocycles. The van der Waals surface area contributed by atoms with E-state index in [-0.39, 0.29) is 0 Å². The molecule has 0 spiro atoms. The van der Waals surface area contributed by atoms with E-state index in [1.807, 2.05) is 0 Å². The van der Waals surface area contributed by atoms with Gasteiger partial charge in [-0.25, -0.2) is 0 Å². The second-order valence-corrected chi connectivity index (χ2v) is 9.12. The summed E-state index contributed by atoms with van der Waals surface area (Å²) in [5, 5.41) is 2.78. The summed E-state index contributed by atoms with van der Waals surface area (Å²) >= 11 is 0. The minimum atomic E-state index is 0.500. The van der Waals surface area contributed by atoms with Gasteiger partial charge < -0.3 is 4.57 Å². The van der Waals surface area contributed by atoms with Gasteiger partial charge in [0.25, 0.3) is 0 Å². The number of rotatable bonds is 4. The van der Waals surface area contributed by atoms with E-state index in [9.17, 15) is 0 Å². The normalized spacial score (nSPS) is 26.1. The van der Waals surface area contributed by atoms with Crippen molar-refractivity contribution >= 4 is 21.8 Å². The highest BCUT2D eigenvalue weighted by atomic mass is 15.0. The topological polar surface area (TPSA) is 4.93 Å². The Bertz CT molecular complexity index is 1060. The van der Waals surface area contributed by atoms with E-state index in [1.165, 1.54) is 40.2 Å². The minimum Gasteiger partial charge on any atom is -0.341 e. The van der Waals surface area contributed by atoms with Gasteiger partial charge >= 0.3 is 0 Å². The molecule has 0 radical (unpaired) electrons. The van der Waals surface area contributed by atoms with Gasteiger partial charge in [-0.3, -0.25) is 0 Å². The fourth-order valence-corrected chi connectivity index (χ4v) is 5.16. The largest absolute Gasteiger partial charge is 0.341 e. The van der Waals surface area contributed by atoms with Crippen molar-refractivity contribution in [3.05, 3.63) is 72.3 Å². The molecule has 0 bridgehead atoms. The molecule has 1 saturated carbocycles. The van der Waals surface area contributed by atoms with Gasteiger partial charge in [0.05, 0.1) is 0 Å². The van der Waals surface area contributed by atoms with Gasteiger partial charge in [-0.05, 0) is 60.8 Å². The average molecular weight is 356 g/mol. The van der Waals surface area contributed by atoms with E-state index in [0.717, 1.165) is 12.5 Å². The number of hydrogen-bond acceptors (Lipinski definition) is 0. The molecule has 138 valence electrons. The predicted molar refractivity (Wildman–Crippen MR) is 116 cm³/mol. The third-order valence-corrected chi connectivity index (χ3v) is 7.02. The molecule has 0 aliphatic heterocycles. The van der Waals surface area contributed by atoms with Gasteiger partial charge in [-0.2, -0.15) is 0 Å². The summed E-state index contributed by atoms with van der Waals surface area (Å²) in [6, 6.07) is 16.0. The summed E-state index contributed by atoms with van der Waals surface area (Å²) in [5.74, 6) is 2.00. The zero-order chi connectivity index (χ0) is 18.6. The fraction of sp³-hybridized carbons (Fsp3) is 0.385. The quantitative estimate of drug-likeness (QED) is 0.471. The Hall–Kier alpha value is -2.28. The maximum Gasteiger partial charge on any atom is 0.0491 e. The van der Waals surface area contributed by atoms with Crippen LogP contribution in [-0.4, -0.2) is 4.57 Å². The lowest BCUT2D eigenvalue weighted by atomic mass is 9.79. The molecule has 3 unspecified atom stereocenters. The van der Waals surface area contributed by atoms with Crippen LogP contribution in [0.25, 0.3) is 21.8 Å². The van der Waals surface area contributed by atoms with E-state index in [4.69, 9.17) is 0 Å². The van der Waals surface area contributed by atoms with Crippen LogP contribution in [0.15, 0.2) is 66.8 Å². The van der Waals surface area contributed by atoms with Crippen molar-refractivity contribution in [1.82, 2.24) is 4.57 Å². The van der Waals surface area contributed by atoms with Gasteiger partial charge in [0.1, 0.15) is 0 Å². The van der Waals surface area contributed by atoms with Crippen LogP contribution in [0.5, 0.6) is 0 Å². The molecule has 1 aromatic heterocycles. The van der Waals surface area contributed by atoms with Crippen LogP contribution < -0.4 is 0 Å². The lowest BCUT2D eigenvalue weighted by Gasteiger charge is -2.25. The molecule has 3 aromatic rings. The zero-order valence-corrected chi connectivity index (χ0v) is 16.7. The Labute approximate surface area is 162 Å². The summed E-state index contributed by atoms with van der Waals surface area (Å²) in [5.41, 5.74) is 4.73. The lowest BCUT2D eigenvalue weighted by molar-refractivity contribution is 0.441. The molecule has 0 saturated heterocycles. The number of aromatic nitrogens is 1. The van der Waals surface area contributed by atoms with Crippen molar-refractivity contribution in [1.29, 1.82) is 0 Å². The Morgan fingerprint density at radius 2 is 1.70 bits per heavy atom. The molecule has 2 aliphatic rings. The first kappa shape index (κ1) is 16.9. The predicted octanol–water partition coefficient (Wildman–Crippen LogP) is 7.08. The van der Waals surface area contributed by atoms with Gasteiger partial charge in [-0.15, -0.1) is 0 Å². The molecule has 2 aliphatic carbocycles. The first-order valence-electron chi connectivity index (χ1n) is 10.4. The molecule has 1 heterocycles. The maximum absolute atomic E-state index is 2.46. The minimum absolute atomic E-state index is 0.500. The fourth-order valence-electron chi connectivity index (χ4n) is 5.16. The van der Waals surface area contributed by atoms with E-state index >= 15 is 0 Å². The average Bonchev–Trinajstić information content (AvgIpc) is 3.16. The van der Waals surface area contributed by atoms with Crippen molar-refractivity contribution in [2.45, 2.75) is 46.1 Å². The Balaban J connectivity index is 1.57. The zero-order valence-electron chi connectivity index (χ0n) is 16.7. The van der Waals surface area contributed by atoms with E-state index in [0.29, 0.717) is 17.3 Å². The van der Waals surface area contributed by atoms with Crippen molar-refractivity contribution in [2.75, 3.05) is 0 Å². The second-order valence-electron chi connectivity index (χ2n) is 9.12. The standard InChI is InChI=1S/C26H29N/c1-4-27-24-12-8-7-11-22(24)23-16-19(13-14-25(23)27)21-10-6-5-9-18(21)15-20-17-26(20,2)3/h5-14,16,18,20-21H,4,15,17H2,1-3H3. The number of hydrogen-bond donors (Lipinski definition) is 0. The van der Waals surface area contributed by atoms with Crippen LogP contribution in [0.2, 0.25) is 0 Å². The van der Waals surface area contributed by atoms with Crippen LogP contribution in [0.4, 0.5) is 0 Å². The first-order chi connectivity index (χ1) is 13.1. The molecule has 1 heteroatoms. The van der Waals surface area contributed by atoms with Crippen molar-refractivity contribution < 1.29 is 0 Å². The van der Waals surface area contributed by atoms with Gasteiger partial charge in [-0.1, -0.05) is 62.4 Å². The number of para-hydroxylation sites is 1. The highest BCUT2D eigenvalue weighted by Crippen LogP contribution is 2.56. The third kappa shape index (κ3) is 2.76. The van der Waals surface area contributed by atoms with Gasteiger partial charge in [0, 0.05) is 34.3 Å². The number of nitrogens with zero attached hydrogens (tertiary/aromatic N) is 1. The van der Waals surface area contributed by atoms with Gasteiger partial charge in [0.15, 0.2) is 0 Å². The molecular formula is C26H29N. The molecule has 27 heavy (non-hydrogen) atoms. The molecule has 0 N–H and O–H groups in total. The van der Waals surface area contributed by atoms with E-state index in [2.05, 4.69) is 92.1 Å². The number of allylic oxidation sites excluding steroid dienone is 4. The number of fused-ring (bicyclic) bond motifs is 3. The SMILES string of the molecule is CCn1c2ccccc2c2cc(C3C=CC=CC3CC3CC3(C)C)ccc21. The Morgan fingerprint density at radius 1 is 0.963 bits per heavy atom. The summed E-state index contributed by atoms with van der Waals surface area (Å²) in [6.07, 6.45) is 12.0. The maximum atomic E-state index is 2.46. The lowest BCUT2D eigenvalue weighted by Crippen LogP contribution is -2.13. The molecule has 3 atom stereocenters. The third-order valence-electron chi connectivity index (χ3n) is 7.02. The summed E-state index contributed by atoms with van der Waals surface area (Å²) < 4.78 is 2.44. The van der Waals surface area contributed by atoms with E-state index < -0.39 is 0 Å². The smallest absolute Gasteiger partial charge is 0.0491 e. The first-order valence-corrected chi connectivity index (χ1v) is 10.4. The summed E-state index contributed by atoms with van der Waals surface area (Å²) in [4.78, 5) is 0. The summed E-state index contributed by atoms with van der Waals surface area (Å²) in [7, 11) is 0. The highest BCUT2D eigenvalue weighted by Gasteiger charge is 2.46. The van der Waals surface area contributed by atoms with Crippen molar-refractivity contribution in [2.24, 2.45) is 17.3 Å². The highest BCUT2D eigenvalue weighted by molar-refractivity contribution is 6.08. The Morgan fingerprint density at radius 3 is 2.48 bits per heavy atom. The second kappa shape index (κ2) is 6.12. The van der Waals surface area contributed by atoms with Crippen LogP contribution in [0.3, 0.4) is 0 Å². The van der Waals surface area contributed by atoms with Gasteiger partial charge in [0.2, 0.25) is 0 Å². The molecule has 1 nitrogen and oxygen atoms in total. The monoisotopic (exact) mass is 355 g/mol. The van der Waals surface area contributed by atoms with Crippen LogP contribution >= 0.6 is 0 Å². The molecular weight excluding hydrogens is 326 g/mol. The van der Waals surface area contributed by atoms with Crippen LogP contribution in [0.1, 0.15) is 45.1 Å². The van der Waals surface area contributed by atoms with Crippen molar-refractivity contribution in [3.8, 4) is 0 Å². The summed E-state index contributed by atoms with van der Waals surface area (Å²) in [6.45, 7) is 8.08. The molecule has 0 amide bonds. The molecule has 1 fully saturated rings. The Kier molecular flexibility index (Phi) is 3.82.